The Balaban J connectivity index is 2.18. The molecule has 0 fully saturated rings. The third-order valence-corrected chi connectivity index (χ3v) is 4.56. The number of nitrogens with zero attached hydrogens (tertiary/aromatic N) is 3. The average Bonchev–Trinajstić information content (AvgIpc) is 3.20. The maximum Gasteiger partial charge on any atom is 0.524 e. The molecule has 1 aromatic heterocycles. The lowest BCUT2D eigenvalue weighted by Gasteiger charge is -2.16. The zero-order chi connectivity index (χ0) is 21.9. The first-order valence-corrected chi connectivity index (χ1v) is 9.99. The standard InChI is InChI=1S/C18H20N3O8P/c1-25-12-5-6-13(15(9-12)29-30(22,23)24)14-10-19-20-21(14)11-7-16(26-2)18(28-4)17(8-11)27-3/h5-10H,1-4H3,(H2,22,23,24). The van der Waals surface area contributed by atoms with Crippen molar-refractivity contribution < 1.29 is 37.8 Å². The predicted molar refractivity (Wildman–Crippen MR) is 106 cm³/mol. The Morgan fingerprint density at radius 3 is 2.10 bits per heavy atom. The molecule has 0 aliphatic heterocycles. The number of methoxy groups -OCH3 is 4. The van der Waals surface area contributed by atoms with Crippen LogP contribution in [0.3, 0.4) is 0 Å². The predicted octanol–water partition coefficient (Wildman–Crippen LogP) is 2.44. The second-order valence-electron chi connectivity index (χ2n) is 5.86. The molecule has 3 aromatic rings. The first-order valence-electron chi connectivity index (χ1n) is 8.46. The van der Waals surface area contributed by atoms with E-state index in [1.54, 1.807) is 24.3 Å². The minimum absolute atomic E-state index is 0.0984. The number of phosphoric acid groups is 1. The van der Waals surface area contributed by atoms with Crippen LogP contribution in [0.15, 0.2) is 36.5 Å². The van der Waals surface area contributed by atoms with Gasteiger partial charge in [0.2, 0.25) is 5.75 Å². The summed E-state index contributed by atoms with van der Waals surface area (Å²) in [6.45, 7) is 0. The average molecular weight is 437 g/mol. The number of hydrogen-bond donors (Lipinski definition) is 2. The van der Waals surface area contributed by atoms with Gasteiger partial charge in [-0.25, -0.2) is 9.25 Å². The van der Waals surface area contributed by atoms with Crippen molar-refractivity contribution in [3.8, 4) is 45.7 Å². The highest BCUT2D eigenvalue weighted by Gasteiger charge is 2.23. The molecule has 0 spiro atoms. The monoisotopic (exact) mass is 437 g/mol. The number of aromatic nitrogens is 3. The molecule has 0 saturated carbocycles. The van der Waals surface area contributed by atoms with Crippen molar-refractivity contribution in [3.63, 3.8) is 0 Å². The fourth-order valence-electron chi connectivity index (χ4n) is 2.84. The van der Waals surface area contributed by atoms with Crippen molar-refractivity contribution in [3.05, 3.63) is 36.5 Å². The van der Waals surface area contributed by atoms with Gasteiger partial charge in [-0.15, -0.1) is 5.10 Å². The van der Waals surface area contributed by atoms with Gasteiger partial charge in [0.25, 0.3) is 0 Å². The first kappa shape index (κ1) is 21.4. The largest absolute Gasteiger partial charge is 0.524 e. The van der Waals surface area contributed by atoms with Gasteiger partial charge in [0, 0.05) is 23.8 Å². The van der Waals surface area contributed by atoms with Crippen LogP contribution >= 0.6 is 7.82 Å². The molecule has 0 aliphatic carbocycles. The van der Waals surface area contributed by atoms with Crippen molar-refractivity contribution in [2.24, 2.45) is 0 Å². The van der Waals surface area contributed by atoms with Gasteiger partial charge in [-0.3, -0.25) is 9.79 Å². The van der Waals surface area contributed by atoms with E-state index in [-0.39, 0.29) is 5.75 Å². The molecule has 160 valence electrons. The molecule has 2 N–H and O–H groups in total. The van der Waals surface area contributed by atoms with E-state index in [2.05, 4.69) is 10.3 Å². The van der Waals surface area contributed by atoms with E-state index < -0.39 is 7.82 Å². The third kappa shape index (κ3) is 4.33. The van der Waals surface area contributed by atoms with E-state index in [1.165, 1.54) is 45.4 Å². The first-order chi connectivity index (χ1) is 14.3. The fourth-order valence-corrected chi connectivity index (χ4v) is 3.25. The summed E-state index contributed by atoms with van der Waals surface area (Å²) >= 11 is 0. The quantitative estimate of drug-likeness (QED) is 0.506. The van der Waals surface area contributed by atoms with Crippen LogP contribution < -0.4 is 23.5 Å². The fraction of sp³-hybridized carbons (Fsp3) is 0.222. The normalized spacial score (nSPS) is 11.1. The summed E-state index contributed by atoms with van der Waals surface area (Å²) in [4.78, 5) is 18.6. The lowest BCUT2D eigenvalue weighted by Crippen LogP contribution is -2.03. The summed E-state index contributed by atoms with van der Waals surface area (Å²) in [5.74, 6) is 1.46. The van der Waals surface area contributed by atoms with Crippen LogP contribution in [-0.2, 0) is 4.57 Å². The van der Waals surface area contributed by atoms with Crippen LogP contribution in [0.4, 0.5) is 0 Å². The Morgan fingerprint density at radius 2 is 1.57 bits per heavy atom. The van der Waals surface area contributed by atoms with Gasteiger partial charge >= 0.3 is 7.82 Å². The molecular weight excluding hydrogens is 417 g/mol. The second kappa shape index (κ2) is 8.62. The smallest absolute Gasteiger partial charge is 0.497 e. The molecule has 11 nitrogen and oxygen atoms in total. The zero-order valence-electron chi connectivity index (χ0n) is 16.6. The summed E-state index contributed by atoms with van der Waals surface area (Å²) in [7, 11) is 1.06. The summed E-state index contributed by atoms with van der Waals surface area (Å²) < 4.78 is 39.0. The zero-order valence-corrected chi connectivity index (χ0v) is 17.5. The van der Waals surface area contributed by atoms with Gasteiger partial charge in [0.1, 0.15) is 11.5 Å². The van der Waals surface area contributed by atoms with Crippen LogP contribution in [0.5, 0.6) is 28.7 Å². The van der Waals surface area contributed by atoms with Gasteiger partial charge < -0.3 is 23.5 Å². The van der Waals surface area contributed by atoms with Crippen molar-refractivity contribution in [1.29, 1.82) is 0 Å². The topological polar surface area (TPSA) is 134 Å². The molecule has 0 unspecified atom stereocenters. The van der Waals surface area contributed by atoms with E-state index in [4.69, 9.17) is 23.5 Å². The SMILES string of the molecule is COc1ccc(-c2cnnn2-c2cc(OC)c(OC)c(OC)c2)c(OP(=O)(O)O)c1. The molecule has 2 aromatic carbocycles. The van der Waals surface area contributed by atoms with Crippen LogP contribution in [0, 0.1) is 0 Å². The molecule has 0 saturated heterocycles. The highest BCUT2D eigenvalue weighted by molar-refractivity contribution is 7.46. The van der Waals surface area contributed by atoms with Crippen LogP contribution in [0.2, 0.25) is 0 Å². The lowest BCUT2D eigenvalue weighted by molar-refractivity contribution is 0.283. The van der Waals surface area contributed by atoms with Gasteiger partial charge in [0.15, 0.2) is 11.5 Å². The molecule has 3 rings (SSSR count). The van der Waals surface area contributed by atoms with Gasteiger partial charge in [-0.2, -0.15) is 0 Å². The molecule has 1 heterocycles. The van der Waals surface area contributed by atoms with Crippen molar-refractivity contribution in [2.45, 2.75) is 0 Å². The van der Waals surface area contributed by atoms with E-state index in [9.17, 15) is 14.4 Å². The van der Waals surface area contributed by atoms with Crippen molar-refractivity contribution in [1.82, 2.24) is 15.0 Å². The maximum absolute atomic E-state index is 11.5. The molecule has 30 heavy (non-hydrogen) atoms. The van der Waals surface area contributed by atoms with E-state index >= 15 is 0 Å². The van der Waals surface area contributed by atoms with Gasteiger partial charge in [-0.1, -0.05) is 5.21 Å². The molecule has 0 aliphatic rings. The molecule has 0 amide bonds. The number of hydrogen-bond acceptors (Lipinski definition) is 8. The highest BCUT2D eigenvalue weighted by atomic mass is 31.2. The van der Waals surface area contributed by atoms with Gasteiger partial charge in [-0.05, 0) is 12.1 Å². The van der Waals surface area contributed by atoms with Crippen molar-refractivity contribution >= 4 is 7.82 Å². The van der Waals surface area contributed by atoms with E-state index in [0.717, 1.165) is 0 Å². The number of ether oxygens (including phenoxy) is 4. The molecule has 0 bridgehead atoms. The Kier molecular flexibility index (Phi) is 6.16. The van der Waals surface area contributed by atoms with E-state index in [1.807, 2.05) is 0 Å². The molecule has 12 heteroatoms. The molecule has 0 atom stereocenters. The minimum atomic E-state index is -4.83. The van der Waals surface area contributed by atoms with Crippen LogP contribution in [0.25, 0.3) is 16.9 Å². The molecular formula is C18H20N3O8P. The Morgan fingerprint density at radius 1 is 0.900 bits per heavy atom. The van der Waals surface area contributed by atoms with Crippen LogP contribution in [0.1, 0.15) is 0 Å². The number of benzene rings is 2. The second-order valence-corrected chi connectivity index (χ2v) is 7.02. The summed E-state index contributed by atoms with van der Waals surface area (Å²) in [5.41, 5.74) is 1.24. The lowest BCUT2D eigenvalue weighted by atomic mass is 10.1. The number of rotatable bonds is 8. The Hall–Kier alpha value is -3.27. The maximum atomic E-state index is 11.5. The van der Waals surface area contributed by atoms with E-state index in [0.29, 0.717) is 39.9 Å². The summed E-state index contributed by atoms with van der Waals surface area (Å²) in [6, 6.07) is 7.88. The highest BCUT2D eigenvalue weighted by Crippen LogP contribution is 2.45. The summed E-state index contributed by atoms with van der Waals surface area (Å²) in [5, 5.41) is 8.01. The number of phosphoric ester groups is 1. The minimum Gasteiger partial charge on any atom is -0.497 e. The van der Waals surface area contributed by atoms with Crippen molar-refractivity contribution in [2.75, 3.05) is 28.4 Å². The Bertz CT molecular complexity index is 1070. The Labute approximate surface area is 172 Å². The summed E-state index contributed by atoms with van der Waals surface area (Å²) in [6.07, 6.45) is 1.43. The van der Waals surface area contributed by atoms with Crippen LogP contribution in [-0.4, -0.2) is 53.2 Å². The van der Waals surface area contributed by atoms with Gasteiger partial charge in [0.05, 0.1) is 46.0 Å². The third-order valence-electron chi connectivity index (χ3n) is 4.13. The molecule has 0 radical (unpaired) electrons.